The van der Waals surface area contributed by atoms with Gasteiger partial charge in [-0.15, -0.1) is 22.7 Å². The van der Waals surface area contributed by atoms with Gasteiger partial charge in [0.15, 0.2) is 10.6 Å². The number of aromatic nitrogens is 3. The van der Waals surface area contributed by atoms with Crippen molar-refractivity contribution in [2.75, 3.05) is 6.54 Å². The molecule has 0 aliphatic rings. The Morgan fingerprint density at radius 3 is 2.86 bits per heavy atom. The van der Waals surface area contributed by atoms with Crippen LogP contribution in [-0.4, -0.2) is 27.2 Å². The zero-order valence-electron chi connectivity index (χ0n) is 11.6. The number of hydrogen-bond donors (Lipinski definition) is 2. The highest BCUT2D eigenvalue weighted by Crippen LogP contribution is 2.22. The Balaban J connectivity index is 1.62. The van der Waals surface area contributed by atoms with E-state index in [0.717, 1.165) is 11.3 Å². The number of carbonyl (C=O) groups is 1. The number of amides is 1. The van der Waals surface area contributed by atoms with Gasteiger partial charge in [0.25, 0.3) is 0 Å². The first kappa shape index (κ1) is 15.1. The van der Waals surface area contributed by atoms with Crippen molar-refractivity contribution in [2.24, 2.45) is 0 Å². The van der Waals surface area contributed by atoms with Crippen LogP contribution in [0.3, 0.4) is 0 Å². The maximum atomic E-state index is 12.1. The Kier molecular flexibility index (Phi) is 4.81. The van der Waals surface area contributed by atoms with Crippen LogP contribution in [0.1, 0.15) is 4.88 Å². The average molecular weight is 350 g/mol. The summed E-state index contributed by atoms with van der Waals surface area (Å²) in [4.78, 5) is 14.3. The number of rotatable bonds is 6. The van der Waals surface area contributed by atoms with Gasteiger partial charge in [-0.3, -0.25) is 14.5 Å². The van der Waals surface area contributed by atoms with Crippen LogP contribution < -0.4 is 5.32 Å². The van der Waals surface area contributed by atoms with Gasteiger partial charge in [0.1, 0.15) is 6.54 Å². The fourth-order valence-corrected chi connectivity index (χ4v) is 3.67. The van der Waals surface area contributed by atoms with Gasteiger partial charge in [0.2, 0.25) is 5.91 Å². The van der Waals surface area contributed by atoms with Crippen LogP contribution in [0.2, 0.25) is 0 Å². The first-order valence-electron chi connectivity index (χ1n) is 6.72. The lowest BCUT2D eigenvalue weighted by atomic mass is 10.3. The molecule has 0 saturated carbocycles. The molecule has 3 heterocycles. The van der Waals surface area contributed by atoms with E-state index in [1.807, 2.05) is 29.0 Å². The number of thiophene rings is 2. The van der Waals surface area contributed by atoms with Gasteiger partial charge in [-0.2, -0.15) is 5.10 Å². The van der Waals surface area contributed by atoms with E-state index in [2.05, 4.69) is 21.6 Å². The molecule has 0 radical (unpaired) electrons. The summed E-state index contributed by atoms with van der Waals surface area (Å²) in [6.45, 7) is 0.797. The molecule has 0 unspecified atom stereocenters. The topological polar surface area (TPSA) is 62.7 Å². The summed E-state index contributed by atoms with van der Waals surface area (Å²) in [6.07, 6.45) is 0.845. The van der Waals surface area contributed by atoms with E-state index in [1.165, 1.54) is 4.88 Å². The number of H-pyrrole nitrogens is 1. The molecule has 2 N–H and O–H groups in total. The number of nitrogens with zero attached hydrogens (tertiary/aromatic N) is 2. The van der Waals surface area contributed by atoms with Crippen molar-refractivity contribution < 1.29 is 4.79 Å². The second-order valence-electron chi connectivity index (χ2n) is 4.60. The highest BCUT2D eigenvalue weighted by molar-refractivity contribution is 7.71. The van der Waals surface area contributed by atoms with Crippen molar-refractivity contribution >= 4 is 40.8 Å². The highest BCUT2D eigenvalue weighted by atomic mass is 32.1. The summed E-state index contributed by atoms with van der Waals surface area (Å²) in [7, 11) is 0. The average Bonchev–Trinajstić information content (AvgIpc) is 3.22. The number of hydrogen-bond acceptors (Lipinski definition) is 5. The molecule has 0 spiro atoms. The molecule has 114 valence electrons. The lowest BCUT2D eigenvalue weighted by Crippen LogP contribution is -2.29. The Bertz CT molecular complexity index is 787. The Morgan fingerprint density at radius 1 is 1.32 bits per heavy atom. The van der Waals surface area contributed by atoms with E-state index in [9.17, 15) is 4.79 Å². The maximum Gasteiger partial charge on any atom is 0.240 e. The summed E-state index contributed by atoms with van der Waals surface area (Å²) in [5.41, 5.74) is 0. The van der Waals surface area contributed by atoms with E-state index in [-0.39, 0.29) is 12.5 Å². The van der Waals surface area contributed by atoms with Crippen LogP contribution in [0.4, 0.5) is 0 Å². The van der Waals surface area contributed by atoms with Crippen molar-refractivity contribution in [2.45, 2.75) is 13.0 Å². The molecule has 0 bridgehead atoms. The van der Waals surface area contributed by atoms with Crippen LogP contribution in [0.25, 0.3) is 10.7 Å². The number of nitrogens with one attached hydrogen (secondary N) is 2. The van der Waals surface area contributed by atoms with E-state index in [0.29, 0.717) is 17.1 Å². The molecule has 3 aromatic heterocycles. The molecule has 0 saturated heterocycles. The third-order valence-electron chi connectivity index (χ3n) is 3.08. The quantitative estimate of drug-likeness (QED) is 0.672. The van der Waals surface area contributed by atoms with Gasteiger partial charge in [-0.25, -0.2) is 0 Å². The first-order chi connectivity index (χ1) is 10.7. The van der Waals surface area contributed by atoms with E-state index in [1.54, 1.807) is 27.2 Å². The van der Waals surface area contributed by atoms with Crippen LogP contribution in [0.5, 0.6) is 0 Å². The SMILES string of the molecule is O=C(Cn1c(-c2cccs2)n[nH]c1=S)NCCc1cccs1. The first-order valence-corrected chi connectivity index (χ1v) is 8.89. The fourth-order valence-electron chi connectivity index (χ4n) is 2.04. The molecule has 22 heavy (non-hydrogen) atoms. The molecule has 3 aromatic rings. The summed E-state index contributed by atoms with van der Waals surface area (Å²) in [5, 5.41) is 13.9. The van der Waals surface area contributed by atoms with Crippen molar-refractivity contribution in [1.29, 1.82) is 0 Å². The van der Waals surface area contributed by atoms with Crippen molar-refractivity contribution in [1.82, 2.24) is 20.1 Å². The van der Waals surface area contributed by atoms with Crippen LogP contribution in [0.15, 0.2) is 35.0 Å². The molecule has 5 nitrogen and oxygen atoms in total. The lowest BCUT2D eigenvalue weighted by Gasteiger charge is -2.07. The second-order valence-corrected chi connectivity index (χ2v) is 6.96. The zero-order valence-corrected chi connectivity index (χ0v) is 14.1. The van der Waals surface area contributed by atoms with E-state index in [4.69, 9.17) is 12.2 Å². The molecular weight excluding hydrogens is 336 g/mol. The van der Waals surface area contributed by atoms with Crippen LogP contribution in [0, 0.1) is 4.77 Å². The molecule has 1 amide bonds. The smallest absolute Gasteiger partial charge is 0.240 e. The Morgan fingerprint density at radius 2 is 2.14 bits per heavy atom. The summed E-state index contributed by atoms with van der Waals surface area (Å²) in [6, 6.07) is 7.99. The third-order valence-corrected chi connectivity index (χ3v) is 5.19. The number of carbonyl (C=O) groups excluding carboxylic acids is 1. The van der Waals surface area contributed by atoms with Crippen LogP contribution >= 0.6 is 34.9 Å². The maximum absolute atomic E-state index is 12.1. The number of aromatic amines is 1. The molecule has 0 aliphatic heterocycles. The highest BCUT2D eigenvalue weighted by Gasteiger charge is 2.12. The molecule has 0 atom stereocenters. The summed E-state index contributed by atoms with van der Waals surface area (Å²) >= 11 is 8.48. The Labute approximate surface area is 140 Å². The minimum Gasteiger partial charge on any atom is -0.354 e. The fraction of sp³-hybridized carbons (Fsp3) is 0.214. The Hall–Kier alpha value is -1.77. The largest absolute Gasteiger partial charge is 0.354 e. The molecule has 0 aliphatic carbocycles. The van der Waals surface area contributed by atoms with Gasteiger partial charge in [-0.05, 0) is 41.5 Å². The standard InChI is InChI=1S/C14H14N4OS3/c19-12(15-6-5-10-3-1-7-21-10)9-18-13(16-17-14(18)20)11-4-2-8-22-11/h1-4,7-8H,5-6,9H2,(H,15,19)(H,17,20). The molecular formula is C14H14N4OS3. The van der Waals surface area contributed by atoms with E-state index < -0.39 is 0 Å². The van der Waals surface area contributed by atoms with E-state index >= 15 is 0 Å². The van der Waals surface area contributed by atoms with Gasteiger partial charge >= 0.3 is 0 Å². The van der Waals surface area contributed by atoms with Gasteiger partial charge < -0.3 is 5.32 Å². The van der Waals surface area contributed by atoms with Crippen molar-refractivity contribution in [3.05, 3.63) is 44.7 Å². The molecule has 3 rings (SSSR count). The minimum absolute atomic E-state index is 0.0631. The summed E-state index contributed by atoms with van der Waals surface area (Å²) < 4.78 is 2.18. The molecule has 0 fully saturated rings. The van der Waals surface area contributed by atoms with Gasteiger partial charge in [-0.1, -0.05) is 12.1 Å². The van der Waals surface area contributed by atoms with Crippen molar-refractivity contribution in [3.63, 3.8) is 0 Å². The monoisotopic (exact) mass is 350 g/mol. The lowest BCUT2D eigenvalue weighted by molar-refractivity contribution is -0.121. The van der Waals surface area contributed by atoms with Gasteiger partial charge in [0, 0.05) is 11.4 Å². The summed E-state index contributed by atoms with van der Waals surface area (Å²) in [5.74, 6) is 0.639. The zero-order chi connectivity index (χ0) is 15.4. The minimum atomic E-state index is -0.0631. The molecule has 0 aromatic carbocycles. The molecule has 8 heteroatoms. The van der Waals surface area contributed by atoms with Gasteiger partial charge in [0.05, 0.1) is 4.88 Å². The van der Waals surface area contributed by atoms with Crippen LogP contribution in [-0.2, 0) is 17.8 Å². The second kappa shape index (κ2) is 6.99. The normalized spacial score (nSPS) is 10.7. The van der Waals surface area contributed by atoms with Crippen molar-refractivity contribution in [3.8, 4) is 10.7 Å². The predicted molar refractivity (Wildman–Crippen MR) is 91.8 cm³/mol. The predicted octanol–water partition coefficient (Wildman–Crippen LogP) is 3.09. The third kappa shape index (κ3) is 3.52.